The Labute approximate surface area is 154 Å². The molecule has 2 atom stereocenters. The number of carbonyl (C=O) groups excluding carboxylic acids is 1. The van der Waals surface area contributed by atoms with Crippen molar-refractivity contribution in [1.29, 1.82) is 0 Å². The molecule has 8 heteroatoms. The van der Waals surface area contributed by atoms with Gasteiger partial charge in [-0.05, 0) is 24.3 Å². The van der Waals surface area contributed by atoms with Gasteiger partial charge in [0.05, 0.1) is 20.6 Å². The van der Waals surface area contributed by atoms with E-state index in [0.717, 1.165) is 0 Å². The molecule has 1 aliphatic heterocycles. The number of hydrogen-bond acceptors (Lipinski definition) is 5. The number of carboxylic acid groups (broad SMARTS) is 1. The van der Waals surface area contributed by atoms with Gasteiger partial charge in [-0.2, -0.15) is 0 Å². The highest BCUT2D eigenvalue weighted by molar-refractivity contribution is 5.97. The molecule has 0 aromatic heterocycles. The van der Waals surface area contributed by atoms with E-state index in [0.29, 0.717) is 28.3 Å². The van der Waals surface area contributed by atoms with Crippen LogP contribution in [0.5, 0.6) is 11.5 Å². The number of fused-ring (bicyclic) bond motifs is 1. The van der Waals surface area contributed by atoms with Gasteiger partial charge in [-0.15, -0.1) is 0 Å². The molecule has 0 spiro atoms. The zero-order valence-corrected chi connectivity index (χ0v) is 14.7. The third kappa shape index (κ3) is 3.70. The quantitative estimate of drug-likeness (QED) is 0.835. The second kappa shape index (κ2) is 7.63. The Morgan fingerprint density at radius 3 is 2.67 bits per heavy atom. The number of benzene rings is 2. The van der Waals surface area contributed by atoms with Crippen molar-refractivity contribution in [2.24, 2.45) is 0 Å². The largest absolute Gasteiger partial charge is 0.493 e. The average molecular weight is 375 g/mol. The zero-order valence-electron chi connectivity index (χ0n) is 14.7. The first-order valence-electron chi connectivity index (χ1n) is 8.13. The fourth-order valence-corrected chi connectivity index (χ4v) is 3.04. The zero-order chi connectivity index (χ0) is 19.6. The third-order valence-electron chi connectivity index (χ3n) is 4.22. The van der Waals surface area contributed by atoms with Crippen molar-refractivity contribution in [2.75, 3.05) is 19.5 Å². The lowest BCUT2D eigenvalue weighted by molar-refractivity contribution is -0.146. The van der Waals surface area contributed by atoms with Gasteiger partial charge < -0.3 is 24.6 Å². The predicted molar refractivity (Wildman–Crippen MR) is 93.5 cm³/mol. The van der Waals surface area contributed by atoms with E-state index in [1.807, 2.05) is 0 Å². The standard InChI is InChI=1S/C19H18FNO6/c1-25-14-5-3-4-11(18(14)26-2)17-12-8-10(20)6-7-13(12)21-19(24)15(27-17)9-16(22)23/h3-8,15,17H,9H2,1-2H3,(H,21,24)(H,22,23)/t15-,17-/m0/s1. The highest BCUT2D eigenvalue weighted by Gasteiger charge is 2.35. The van der Waals surface area contributed by atoms with Crippen LogP contribution >= 0.6 is 0 Å². The number of carbonyl (C=O) groups is 2. The lowest BCUT2D eigenvalue weighted by Crippen LogP contribution is -2.31. The van der Waals surface area contributed by atoms with Crippen LogP contribution in [0.15, 0.2) is 36.4 Å². The molecule has 2 aromatic rings. The Balaban J connectivity index is 2.18. The van der Waals surface area contributed by atoms with Crippen molar-refractivity contribution in [3.05, 3.63) is 53.3 Å². The summed E-state index contributed by atoms with van der Waals surface area (Å²) in [6.07, 6.45) is -2.74. The molecule has 2 aromatic carbocycles. The number of ether oxygens (including phenoxy) is 3. The minimum atomic E-state index is -1.26. The van der Waals surface area contributed by atoms with Crippen LogP contribution in [-0.4, -0.2) is 37.3 Å². The maximum absolute atomic E-state index is 13.9. The molecule has 142 valence electrons. The van der Waals surface area contributed by atoms with Crippen LogP contribution in [0.3, 0.4) is 0 Å². The molecule has 1 amide bonds. The molecule has 0 unspecified atom stereocenters. The topological polar surface area (TPSA) is 94.1 Å². The molecule has 0 saturated carbocycles. The average Bonchev–Trinajstić information content (AvgIpc) is 2.77. The lowest BCUT2D eigenvalue weighted by Gasteiger charge is -2.23. The number of carboxylic acids is 1. The minimum absolute atomic E-state index is 0.337. The summed E-state index contributed by atoms with van der Waals surface area (Å²) < 4.78 is 30.5. The lowest BCUT2D eigenvalue weighted by atomic mass is 9.98. The fraction of sp³-hybridized carbons (Fsp3) is 0.263. The van der Waals surface area contributed by atoms with E-state index in [1.54, 1.807) is 18.2 Å². The van der Waals surface area contributed by atoms with Crippen molar-refractivity contribution < 1.29 is 33.3 Å². The number of aliphatic carboxylic acids is 1. The van der Waals surface area contributed by atoms with Gasteiger partial charge in [-0.25, -0.2) is 4.39 Å². The Morgan fingerprint density at radius 2 is 2.00 bits per heavy atom. The van der Waals surface area contributed by atoms with E-state index < -0.39 is 36.3 Å². The summed E-state index contributed by atoms with van der Waals surface area (Å²) in [5, 5.41) is 11.7. The van der Waals surface area contributed by atoms with Gasteiger partial charge >= 0.3 is 5.97 Å². The van der Waals surface area contributed by atoms with Crippen LogP contribution in [-0.2, 0) is 14.3 Å². The fourth-order valence-electron chi connectivity index (χ4n) is 3.04. The second-order valence-electron chi connectivity index (χ2n) is 5.91. The Morgan fingerprint density at radius 1 is 1.22 bits per heavy atom. The predicted octanol–water partition coefficient (Wildman–Crippen LogP) is 2.74. The van der Waals surface area contributed by atoms with Crippen molar-refractivity contribution in [3.8, 4) is 11.5 Å². The van der Waals surface area contributed by atoms with Gasteiger partial charge in [-0.1, -0.05) is 12.1 Å². The summed E-state index contributed by atoms with van der Waals surface area (Å²) in [6, 6.07) is 8.93. The number of halogens is 1. The van der Waals surface area contributed by atoms with Crippen LogP contribution in [0, 0.1) is 5.82 Å². The Hall–Kier alpha value is -3.13. The number of para-hydroxylation sites is 1. The number of rotatable bonds is 5. The number of amides is 1. The van der Waals surface area contributed by atoms with E-state index in [2.05, 4.69) is 5.32 Å². The normalized spacial score (nSPS) is 18.9. The van der Waals surface area contributed by atoms with Crippen LogP contribution in [0.4, 0.5) is 10.1 Å². The smallest absolute Gasteiger partial charge is 0.306 e. The van der Waals surface area contributed by atoms with Crippen molar-refractivity contribution in [2.45, 2.75) is 18.6 Å². The monoisotopic (exact) mass is 375 g/mol. The summed E-state index contributed by atoms with van der Waals surface area (Å²) in [5.74, 6) is -1.55. The maximum atomic E-state index is 13.9. The maximum Gasteiger partial charge on any atom is 0.306 e. The van der Waals surface area contributed by atoms with Gasteiger partial charge in [0.15, 0.2) is 11.5 Å². The molecule has 0 radical (unpaired) electrons. The van der Waals surface area contributed by atoms with Gasteiger partial charge in [-0.3, -0.25) is 9.59 Å². The van der Waals surface area contributed by atoms with Gasteiger partial charge in [0.25, 0.3) is 5.91 Å². The number of methoxy groups -OCH3 is 2. The van der Waals surface area contributed by atoms with E-state index in [9.17, 15) is 14.0 Å². The molecule has 1 aliphatic rings. The summed E-state index contributed by atoms with van der Waals surface area (Å²) >= 11 is 0. The SMILES string of the molecule is COc1cccc([C@@H]2O[C@@H](CC(=O)O)C(=O)Nc3ccc(F)cc32)c1OC. The molecule has 3 rings (SSSR count). The summed E-state index contributed by atoms with van der Waals surface area (Å²) in [5.41, 5.74) is 1.17. The molecule has 0 fully saturated rings. The van der Waals surface area contributed by atoms with Crippen molar-refractivity contribution in [3.63, 3.8) is 0 Å². The molecule has 7 nitrogen and oxygen atoms in total. The summed E-state index contributed by atoms with van der Waals surface area (Å²) in [7, 11) is 2.92. The molecule has 27 heavy (non-hydrogen) atoms. The van der Waals surface area contributed by atoms with Crippen LogP contribution in [0.2, 0.25) is 0 Å². The number of nitrogens with one attached hydrogen (secondary N) is 1. The van der Waals surface area contributed by atoms with Crippen LogP contribution in [0.25, 0.3) is 0 Å². The van der Waals surface area contributed by atoms with Gasteiger partial charge in [0, 0.05) is 16.8 Å². The van der Waals surface area contributed by atoms with E-state index in [1.165, 1.54) is 32.4 Å². The molecular formula is C19H18FNO6. The summed E-state index contributed by atoms with van der Waals surface area (Å²) in [4.78, 5) is 23.6. The summed E-state index contributed by atoms with van der Waals surface area (Å²) in [6.45, 7) is 0. The molecular weight excluding hydrogens is 357 g/mol. The first kappa shape index (κ1) is 18.7. The number of hydrogen-bond donors (Lipinski definition) is 2. The molecule has 0 saturated heterocycles. The van der Waals surface area contributed by atoms with Crippen molar-refractivity contribution in [1.82, 2.24) is 0 Å². The highest BCUT2D eigenvalue weighted by Crippen LogP contribution is 2.43. The van der Waals surface area contributed by atoms with Gasteiger partial charge in [0.2, 0.25) is 0 Å². The van der Waals surface area contributed by atoms with Crippen molar-refractivity contribution >= 4 is 17.6 Å². The first-order chi connectivity index (χ1) is 12.9. The Bertz CT molecular complexity index is 884. The highest BCUT2D eigenvalue weighted by atomic mass is 19.1. The van der Waals surface area contributed by atoms with E-state index in [4.69, 9.17) is 19.3 Å². The van der Waals surface area contributed by atoms with Crippen LogP contribution in [0.1, 0.15) is 23.7 Å². The third-order valence-corrected chi connectivity index (χ3v) is 4.22. The number of anilines is 1. The minimum Gasteiger partial charge on any atom is -0.493 e. The van der Waals surface area contributed by atoms with Gasteiger partial charge in [0.1, 0.15) is 18.0 Å². The molecule has 1 heterocycles. The molecule has 2 N–H and O–H groups in total. The molecule has 0 bridgehead atoms. The second-order valence-corrected chi connectivity index (χ2v) is 5.91. The van der Waals surface area contributed by atoms with Crippen LogP contribution < -0.4 is 14.8 Å². The van der Waals surface area contributed by atoms with E-state index >= 15 is 0 Å². The Kier molecular flexibility index (Phi) is 5.27. The molecule has 0 aliphatic carbocycles. The first-order valence-corrected chi connectivity index (χ1v) is 8.13. The van der Waals surface area contributed by atoms with E-state index in [-0.39, 0.29) is 0 Å².